The van der Waals surface area contributed by atoms with E-state index < -0.39 is 5.97 Å². The third-order valence-electron chi connectivity index (χ3n) is 5.57. The van der Waals surface area contributed by atoms with Crippen LogP contribution >= 0.6 is 15.9 Å². The first-order valence-electron chi connectivity index (χ1n) is 9.98. The summed E-state index contributed by atoms with van der Waals surface area (Å²) in [5.41, 5.74) is 3.92. The van der Waals surface area contributed by atoms with Crippen LogP contribution in [-0.2, 0) is 11.4 Å². The van der Waals surface area contributed by atoms with E-state index in [9.17, 15) is 4.79 Å². The predicted molar refractivity (Wildman–Crippen MR) is 114 cm³/mol. The van der Waals surface area contributed by atoms with Crippen molar-refractivity contribution in [3.63, 3.8) is 0 Å². The molecule has 1 atom stereocenters. The first-order chi connectivity index (χ1) is 14.0. The van der Waals surface area contributed by atoms with Crippen LogP contribution in [0, 0.1) is 0 Å². The molecule has 1 unspecified atom stereocenters. The van der Waals surface area contributed by atoms with Gasteiger partial charge in [-0.15, -0.1) is 0 Å². The number of hydrogen-bond donors (Lipinski definition) is 1. The van der Waals surface area contributed by atoms with Crippen molar-refractivity contribution in [3.8, 4) is 5.75 Å². The zero-order chi connectivity index (χ0) is 20.4. The summed E-state index contributed by atoms with van der Waals surface area (Å²) in [6.45, 7) is 2.33. The minimum absolute atomic E-state index is 0.0255. The van der Waals surface area contributed by atoms with Crippen molar-refractivity contribution < 1.29 is 14.6 Å². The molecule has 6 nitrogen and oxygen atoms in total. The number of nitrogens with zero attached hydrogens (tertiary/aromatic N) is 3. The second-order valence-electron chi connectivity index (χ2n) is 7.74. The van der Waals surface area contributed by atoms with Crippen LogP contribution in [0.25, 0.3) is 11.0 Å². The van der Waals surface area contributed by atoms with E-state index >= 15 is 0 Å². The van der Waals surface area contributed by atoms with Gasteiger partial charge in [-0.05, 0) is 58.5 Å². The molecular weight excluding hydrogens is 434 g/mol. The summed E-state index contributed by atoms with van der Waals surface area (Å²) < 4.78 is 8.83. The van der Waals surface area contributed by atoms with Crippen molar-refractivity contribution in [1.29, 1.82) is 0 Å². The lowest BCUT2D eigenvalue weighted by Gasteiger charge is -2.12. The molecule has 1 fully saturated rings. The van der Waals surface area contributed by atoms with Crippen LogP contribution in [-0.4, -0.2) is 25.8 Å². The molecule has 0 bridgehead atoms. The topological polar surface area (TPSA) is 77.2 Å². The van der Waals surface area contributed by atoms with Crippen LogP contribution in [0.4, 0.5) is 0 Å². The molecule has 1 aliphatic rings. The van der Waals surface area contributed by atoms with Crippen LogP contribution in [0.15, 0.2) is 41.1 Å². The van der Waals surface area contributed by atoms with Gasteiger partial charge in [-0.1, -0.05) is 31.9 Å². The highest BCUT2D eigenvalue weighted by Crippen LogP contribution is 2.34. The minimum atomic E-state index is -0.788. The van der Waals surface area contributed by atoms with E-state index in [1.807, 2.05) is 37.4 Å². The predicted octanol–water partition coefficient (Wildman–Crippen LogP) is 5.47. The van der Waals surface area contributed by atoms with E-state index in [2.05, 4.69) is 36.8 Å². The van der Waals surface area contributed by atoms with Gasteiger partial charge < -0.3 is 9.84 Å². The quantitative estimate of drug-likeness (QED) is 0.508. The average Bonchev–Trinajstić information content (AvgIpc) is 3.34. The normalized spacial score (nSPS) is 15.7. The first kappa shape index (κ1) is 19.9. The van der Waals surface area contributed by atoms with Crippen molar-refractivity contribution in [3.05, 3.63) is 52.3 Å². The lowest BCUT2D eigenvalue weighted by molar-refractivity contribution is -0.137. The van der Waals surface area contributed by atoms with Crippen molar-refractivity contribution >= 4 is 32.9 Å². The fraction of sp³-hybridized carbons (Fsp3) is 0.409. The lowest BCUT2D eigenvalue weighted by Crippen LogP contribution is -2.06. The average molecular weight is 458 g/mol. The van der Waals surface area contributed by atoms with Gasteiger partial charge in [-0.2, -0.15) is 5.10 Å². The van der Waals surface area contributed by atoms with E-state index in [-0.39, 0.29) is 12.3 Å². The standard InChI is InChI=1S/C22H24BrN3O3/c1-14(10-20(27)28)16-6-8-18(9-7-16)29-13-15-11-19-21(24-12-15)22(23)25-26(19)17-4-2-3-5-17/h6-9,11-12,14,17H,2-5,10,13H2,1H3,(H,27,28). The highest BCUT2D eigenvalue weighted by atomic mass is 79.9. The number of rotatable bonds is 7. The van der Waals surface area contributed by atoms with Gasteiger partial charge in [0.15, 0.2) is 4.60 Å². The third-order valence-corrected chi connectivity index (χ3v) is 6.10. The molecule has 7 heteroatoms. The fourth-order valence-corrected chi connectivity index (χ4v) is 4.45. The van der Waals surface area contributed by atoms with Crippen LogP contribution < -0.4 is 4.74 Å². The number of ether oxygens (including phenoxy) is 1. The maximum Gasteiger partial charge on any atom is 0.303 e. The first-order valence-corrected chi connectivity index (χ1v) is 10.8. The van der Waals surface area contributed by atoms with Crippen molar-refractivity contribution in [2.24, 2.45) is 0 Å². The SMILES string of the molecule is CC(CC(=O)O)c1ccc(OCc2cnc3c(Br)nn(C4CCCC4)c3c2)cc1. The number of carboxylic acid groups (broad SMARTS) is 1. The van der Waals surface area contributed by atoms with E-state index in [0.29, 0.717) is 12.6 Å². The van der Waals surface area contributed by atoms with E-state index in [4.69, 9.17) is 9.84 Å². The molecule has 4 rings (SSSR count). The van der Waals surface area contributed by atoms with Gasteiger partial charge in [-0.3, -0.25) is 14.5 Å². The van der Waals surface area contributed by atoms with Crippen LogP contribution in [0.5, 0.6) is 5.75 Å². The van der Waals surface area contributed by atoms with E-state index in [1.54, 1.807) is 0 Å². The largest absolute Gasteiger partial charge is 0.489 e. The van der Waals surface area contributed by atoms with E-state index in [1.165, 1.54) is 12.8 Å². The molecule has 2 heterocycles. The summed E-state index contributed by atoms with van der Waals surface area (Å²) in [5, 5.41) is 13.6. The summed E-state index contributed by atoms with van der Waals surface area (Å²) in [6, 6.07) is 10.2. The molecule has 0 spiro atoms. The van der Waals surface area contributed by atoms with Crippen molar-refractivity contribution in [2.45, 2.75) is 57.6 Å². The van der Waals surface area contributed by atoms with Gasteiger partial charge in [0.2, 0.25) is 0 Å². The maximum atomic E-state index is 10.9. The minimum Gasteiger partial charge on any atom is -0.489 e. The smallest absolute Gasteiger partial charge is 0.303 e. The monoisotopic (exact) mass is 457 g/mol. The van der Waals surface area contributed by atoms with Gasteiger partial charge in [0, 0.05) is 11.8 Å². The zero-order valence-electron chi connectivity index (χ0n) is 16.3. The Morgan fingerprint density at radius 2 is 2.03 bits per heavy atom. The van der Waals surface area contributed by atoms with Gasteiger partial charge in [0.25, 0.3) is 0 Å². The van der Waals surface area contributed by atoms with Crippen molar-refractivity contribution in [2.75, 3.05) is 0 Å². The molecule has 0 saturated heterocycles. The van der Waals surface area contributed by atoms with Crippen LogP contribution in [0.3, 0.4) is 0 Å². The van der Waals surface area contributed by atoms with E-state index in [0.717, 1.165) is 45.4 Å². The number of halogens is 1. The lowest BCUT2D eigenvalue weighted by atomic mass is 9.98. The number of hydrogen-bond acceptors (Lipinski definition) is 4. The Hall–Kier alpha value is -2.41. The van der Waals surface area contributed by atoms with Crippen LogP contribution in [0.1, 0.15) is 62.1 Å². The second kappa shape index (κ2) is 8.53. The summed E-state index contributed by atoms with van der Waals surface area (Å²) in [6.07, 6.45) is 6.78. The third kappa shape index (κ3) is 4.45. The molecule has 152 valence electrons. The molecule has 1 saturated carbocycles. The Morgan fingerprint density at radius 1 is 1.31 bits per heavy atom. The number of benzene rings is 1. The van der Waals surface area contributed by atoms with Crippen LogP contribution in [0.2, 0.25) is 0 Å². The molecule has 1 N–H and O–H groups in total. The molecule has 2 aromatic heterocycles. The molecule has 0 aliphatic heterocycles. The Bertz CT molecular complexity index is 1010. The number of fused-ring (bicyclic) bond motifs is 1. The van der Waals surface area contributed by atoms with Crippen molar-refractivity contribution in [1.82, 2.24) is 14.8 Å². The number of aliphatic carboxylic acids is 1. The second-order valence-corrected chi connectivity index (χ2v) is 8.49. The summed E-state index contributed by atoms with van der Waals surface area (Å²) in [7, 11) is 0. The zero-order valence-corrected chi connectivity index (χ0v) is 17.9. The number of aromatic nitrogens is 3. The molecule has 1 aromatic carbocycles. The maximum absolute atomic E-state index is 10.9. The molecule has 0 amide bonds. The summed E-state index contributed by atoms with van der Waals surface area (Å²) >= 11 is 3.54. The fourth-order valence-electron chi connectivity index (χ4n) is 3.97. The Balaban J connectivity index is 1.47. The van der Waals surface area contributed by atoms with Gasteiger partial charge in [0.1, 0.15) is 17.9 Å². The van der Waals surface area contributed by atoms with Gasteiger partial charge in [-0.25, -0.2) is 0 Å². The Morgan fingerprint density at radius 3 is 2.72 bits per heavy atom. The number of carboxylic acids is 1. The molecule has 0 radical (unpaired) electrons. The molecule has 29 heavy (non-hydrogen) atoms. The van der Waals surface area contributed by atoms with Gasteiger partial charge in [0.05, 0.1) is 18.0 Å². The number of pyridine rings is 1. The highest BCUT2D eigenvalue weighted by Gasteiger charge is 2.22. The number of carbonyl (C=O) groups is 1. The molecular formula is C22H24BrN3O3. The molecule has 3 aromatic rings. The Kier molecular flexibility index (Phi) is 5.85. The summed E-state index contributed by atoms with van der Waals surface area (Å²) in [4.78, 5) is 15.5. The van der Waals surface area contributed by atoms with Gasteiger partial charge >= 0.3 is 5.97 Å². The molecule has 1 aliphatic carbocycles. The Labute approximate surface area is 178 Å². The summed E-state index contributed by atoms with van der Waals surface area (Å²) in [5.74, 6) is -0.0615. The highest BCUT2D eigenvalue weighted by molar-refractivity contribution is 9.10.